The van der Waals surface area contributed by atoms with Gasteiger partial charge in [0.25, 0.3) is 5.56 Å². The number of rotatable bonds is 2. The predicted molar refractivity (Wildman–Crippen MR) is 60.7 cm³/mol. The molecular formula is C11H13N3O. The molecule has 0 amide bonds. The number of aromatic nitrogens is 2. The highest BCUT2D eigenvalue weighted by molar-refractivity contribution is 5.75. The third-order valence-corrected chi connectivity index (χ3v) is 2.32. The molecule has 0 bridgehead atoms. The molecule has 15 heavy (non-hydrogen) atoms. The first kappa shape index (κ1) is 9.71. The van der Waals surface area contributed by atoms with Crippen LogP contribution in [0.3, 0.4) is 0 Å². The van der Waals surface area contributed by atoms with Crippen molar-refractivity contribution in [3.8, 4) is 0 Å². The van der Waals surface area contributed by atoms with Gasteiger partial charge in [-0.1, -0.05) is 19.1 Å². The normalized spacial score (nSPS) is 10.7. The zero-order valence-electron chi connectivity index (χ0n) is 8.60. The summed E-state index contributed by atoms with van der Waals surface area (Å²) in [5, 5.41) is 0. The number of fused-ring (bicyclic) bond motifs is 1. The van der Waals surface area contributed by atoms with Crippen LogP contribution in [0.2, 0.25) is 0 Å². The Kier molecular flexibility index (Phi) is 2.41. The van der Waals surface area contributed by atoms with Crippen LogP contribution in [0, 0.1) is 0 Å². The second kappa shape index (κ2) is 3.73. The van der Waals surface area contributed by atoms with Gasteiger partial charge in [0.1, 0.15) is 0 Å². The molecule has 0 aliphatic heterocycles. The number of anilines is 1. The first-order valence-electron chi connectivity index (χ1n) is 4.99. The van der Waals surface area contributed by atoms with Crippen molar-refractivity contribution in [3.05, 3.63) is 34.6 Å². The molecule has 1 heterocycles. The van der Waals surface area contributed by atoms with E-state index in [1.807, 2.05) is 31.2 Å². The molecule has 0 spiro atoms. The summed E-state index contributed by atoms with van der Waals surface area (Å²) in [5.41, 5.74) is 6.99. The van der Waals surface area contributed by atoms with Crippen LogP contribution in [-0.2, 0) is 6.54 Å². The molecule has 0 aliphatic rings. The third kappa shape index (κ3) is 1.58. The van der Waals surface area contributed by atoms with Crippen LogP contribution in [0.5, 0.6) is 0 Å². The number of hydrogen-bond acceptors (Lipinski definition) is 3. The molecule has 0 saturated carbocycles. The van der Waals surface area contributed by atoms with E-state index in [2.05, 4.69) is 4.98 Å². The molecule has 2 N–H and O–H groups in total. The van der Waals surface area contributed by atoms with Crippen molar-refractivity contribution in [2.24, 2.45) is 0 Å². The number of hydrogen-bond donors (Lipinski definition) is 1. The van der Waals surface area contributed by atoms with Crippen LogP contribution in [0.15, 0.2) is 29.1 Å². The van der Waals surface area contributed by atoms with Crippen LogP contribution in [0.1, 0.15) is 13.3 Å². The van der Waals surface area contributed by atoms with E-state index in [0.717, 1.165) is 17.5 Å². The summed E-state index contributed by atoms with van der Waals surface area (Å²) in [6.07, 6.45) is 0.896. The van der Waals surface area contributed by atoms with Crippen LogP contribution < -0.4 is 11.3 Å². The summed E-state index contributed by atoms with van der Waals surface area (Å²) in [7, 11) is 0. The van der Waals surface area contributed by atoms with Gasteiger partial charge in [-0.05, 0) is 18.6 Å². The first-order chi connectivity index (χ1) is 7.24. The van der Waals surface area contributed by atoms with Crippen molar-refractivity contribution in [2.75, 3.05) is 5.73 Å². The Bertz CT molecular complexity index is 545. The van der Waals surface area contributed by atoms with Crippen molar-refractivity contribution in [3.63, 3.8) is 0 Å². The summed E-state index contributed by atoms with van der Waals surface area (Å²) >= 11 is 0. The zero-order valence-corrected chi connectivity index (χ0v) is 8.60. The Balaban J connectivity index is 2.83. The highest BCUT2D eigenvalue weighted by Crippen LogP contribution is 2.10. The van der Waals surface area contributed by atoms with E-state index < -0.39 is 0 Å². The molecule has 0 atom stereocenters. The molecule has 0 fully saturated rings. The van der Waals surface area contributed by atoms with Crippen molar-refractivity contribution < 1.29 is 0 Å². The van der Waals surface area contributed by atoms with Gasteiger partial charge in [0, 0.05) is 6.54 Å². The van der Waals surface area contributed by atoms with E-state index in [0.29, 0.717) is 6.54 Å². The number of para-hydroxylation sites is 2. The van der Waals surface area contributed by atoms with Gasteiger partial charge < -0.3 is 10.3 Å². The lowest BCUT2D eigenvalue weighted by atomic mass is 10.3. The number of nitrogens with zero attached hydrogens (tertiary/aromatic N) is 2. The van der Waals surface area contributed by atoms with Gasteiger partial charge in [-0.3, -0.25) is 4.79 Å². The highest BCUT2D eigenvalue weighted by atomic mass is 16.1. The maximum Gasteiger partial charge on any atom is 0.293 e. The Labute approximate surface area is 87.4 Å². The lowest BCUT2D eigenvalue weighted by Gasteiger charge is -2.08. The van der Waals surface area contributed by atoms with Gasteiger partial charge >= 0.3 is 0 Å². The van der Waals surface area contributed by atoms with Crippen LogP contribution in [0.4, 0.5) is 5.82 Å². The van der Waals surface area contributed by atoms with Gasteiger partial charge in [0.15, 0.2) is 5.82 Å². The summed E-state index contributed by atoms with van der Waals surface area (Å²) in [4.78, 5) is 15.8. The lowest BCUT2D eigenvalue weighted by Crippen LogP contribution is -2.24. The number of nitrogens with two attached hydrogens (primary N) is 1. The predicted octanol–water partition coefficient (Wildman–Crippen LogP) is 1.39. The molecule has 0 saturated heterocycles. The van der Waals surface area contributed by atoms with Crippen LogP contribution in [-0.4, -0.2) is 9.55 Å². The summed E-state index contributed by atoms with van der Waals surface area (Å²) < 4.78 is 1.68. The summed E-state index contributed by atoms with van der Waals surface area (Å²) in [6, 6.07) is 7.53. The van der Waals surface area contributed by atoms with E-state index >= 15 is 0 Å². The minimum atomic E-state index is -0.199. The smallest absolute Gasteiger partial charge is 0.293 e. The summed E-state index contributed by atoms with van der Waals surface area (Å²) in [6.45, 7) is 2.70. The van der Waals surface area contributed by atoms with Crippen molar-refractivity contribution in [2.45, 2.75) is 19.9 Å². The maximum absolute atomic E-state index is 11.7. The third-order valence-electron chi connectivity index (χ3n) is 2.32. The molecule has 0 radical (unpaired) electrons. The van der Waals surface area contributed by atoms with E-state index in [1.54, 1.807) is 4.57 Å². The second-order valence-electron chi connectivity index (χ2n) is 3.44. The van der Waals surface area contributed by atoms with E-state index in [9.17, 15) is 4.79 Å². The lowest BCUT2D eigenvalue weighted by molar-refractivity contribution is 0.677. The minimum absolute atomic E-state index is 0.0714. The molecule has 4 heteroatoms. The quantitative estimate of drug-likeness (QED) is 0.802. The molecule has 1 aromatic heterocycles. The molecule has 2 rings (SSSR count). The van der Waals surface area contributed by atoms with Gasteiger partial charge in [0.05, 0.1) is 11.0 Å². The van der Waals surface area contributed by atoms with Crippen molar-refractivity contribution in [1.82, 2.24) is 9.55 Å². The fourth-order valence-electron chi connectivity index (χ4n) is 1.66. The summed E-state index contributed by atoms with van der Waals surface area (Å²) in [5.74, 6) is 0.0714. The first-order valence-corrected chi connectivity index (χ1v) is 4.99. The van der Waals surface area contributed by atoms with Gasteiger partial charge in [-0.25, -0.2) is 4.98 Å². The SMILES string of the molecule is CCCn1c(=O)c(N)nc2ccccc21. The molecule has 1 aromatic carbocycles. The average Bonchev–Trinajstić information content (AvgIpc) is 2.25. The highest BCUT2D eigenvalue weighted by Gasteiger charge is 2.06. The van der Waals surface area contributed by atoms with Gasteiger partial charge in [0.2, 0.25) is 0 Å². The fourth-order valence-corrected chi connectivity index (χ4v) is 1.66. The van der Waals surface area contributed by atoms with E-state index in [4.69, 9.17) is 5.73 Å². The van der Waals surface area contributed by atoms with E-state index in [1.165, 1.54) is 0 Å². The van der Waals surface area contributed by atoms with Crippen molar-refractivity contribution in [1.29, 1.82) is 0 Å². The fraction of sp³-hybridized carbons (Fsp3) is 0.273. The van der Waals surface area contributed by atoms with Gasteiger partial charge in [-0.2, -0.15) is 0 Å². The van der Waals surface area contributed by atoms with E-state index in [-0.39, 0.29) is 11.4 Å². The molecule has 4 nitrogen and oxygen atoms in total. The Morgan fingerprint density at radius 2 is 2.13 bits per heavy atom. The average molecular weight is 203 g/mol. The van der Waals surface area contributed by atoms with Crippen LogP contribution in [0.25, 0.3) is 11.0 Å². The largest absolute Gasteiger partial charge is 0.379 e. The van der Waals surface area contributed by atoms with Crippen LogP contribution >= 0.6 is 0 Å². The zero-order chi connectivity index (χ0) is 10.8. The number of aryl methyl sites for hydroxylation is 1. The van der Waals surface area contributed by atoms with Gasteiger partial charge in [-0.15, -0.1) is 0 Å². The Morgan fingerprint density at radius 1 is 1.40 bits per heavy atom. The standard InChI is InChI=1S/C11H13N3O/c1-2-7-14-9-6-4-3-5-8(9)13-10(12)11(14)15/h3-6H,2,7H2,1H3,(H2,12,13). The topological polar surface area (TPSA) is 60.9 Å². The molecular weight excluding hydrogens is 190 g/mol. The Hall–Kier alpha value is -1.84. The molecule has 2 aromatic rings. The molecule has 0 unspecified atom stereocenters. The molecule has 0 aliphatic carbocycles. The van der Waals surface area contributed by atoms with Crippen molar-refractivity contribution >= 4 is 16.9 Å². The maximum atomic E-state index is 11.7. The number of benzene rings is 1. The number of nitrogen functional groups attached to an aromatic ring is 1. The Morgan fingerprint density at radius 3 is 2.87 bits per heavy atom. The minimum Gasteiger partial charge on any atom is -0.379 e. The monoisotopic (exact) mass is 203 g/mol. The molecule has 78 valence electrons. The second-order valence-corrected chi connectivity index (χ2v) is 3.44.